The van der Waals surface area contributed by atoms with Gasteiger partial charge in [0.25, 0.3) is 0 Å². The van der Waals surface area contributed by atoms with E-state index >= 15 is 0 Å². The molecule has 4 heteroatoms. The monoisotopic (exact) mass is 350 g/mol. The largest absolute Gasteiger partial charge is 0.492 e. The van der Waals surface area contributed by atoms with E-state index in [9.17, 15) is 4.79 Å². The highest BCUT2D eigenvalue weighted by Gasteiger charge is 2.24. The van der Waals surface area contributed by atoms with Gasteiger partial charge in [0.05, 0.1) is 18.8 Å². The maximum atomic E-state index is 10.9. The Hall–Kier alpha value is -2.85. The summed E-state index contributed by atoms with van der Waals surface area (Å²) in [6.07, 6.45) is 8.17. The van der Waals surface area contributed by atoms with Crippen molar-refractivity contribution in [2.75, 3.05) is 20.3 Å². The van der Waals surface area contributed by atoms with Crippen molar-refractivity contribution in [3.63, 3.8) is 0 Å². The van der Waals surface area contributed by atoms with Crippen LogP contribution in [0, 0.1) is 5.41 Å². The summed E-state index contributed by atoms with van der Waals surface area (Å²) in [7, 11) is 1.70. The third kappa shape index (κ3) is 4.21. The first kappa shape index (κ1) is 18.0. The maximum absolute atomic E-state index is 10.9. The van der Waals surface area contributed by atoms with E-state index < -0.39 is 5.97 Å². The molecule has 0 fully saturated rings. The number of ether oxygens (including phenoxy) is 2. The fraction of sp³-hybridized carbons (Fsp3) is 0.227. The number of carbonyl (C=O) groups is 1. The summed E-state index contributed by atoms with van der Waals surface area (Å²) in [6.45, 7) is 3.28. The van der Waals surface area contributed by atoms with Gasteiger partial charge in [-0.15, -0.1) is 0 Å². The minimum atomic E-state index is -0.919. The van der Waals surface area contributed by atoms with Gasteiger partial charge in [0.2, 0.25) is 0 Å². The van der Waals surface area contributed by atoms with E-state index in [0.717, 1.165) is 22.4 Å². The molecule has 1 aliphatic heterocycles. The van der Waals surface area contributed by atoms with Gasteiger partial charge in [0.15, 0.2) is 0 Å². The van der Waals surface area contributed by atoms with Crippen molar-refractivity contribution in [3.05, 3.63) is 70.8 Å². The highest BCUT2D eigenvalue weighted by atomic mass is 16.5. The van der Waals surface area contributed by atoms with Crippen molar-refractivity contribution < 1.29 is 19.4 Å². The SMILES string of the molecule is COCC1(C)C=Cc2ccc(/C=C/c3ccc(C(=O)O)cc3)cc2OC1. The minimum Gasteiger partial charge on any atom is -0.492 e. The van der Waals surface area contributed by atoms with Gasteiger partial charge < -0.3 is 14.6 Å². The van der Waals surface area contributed by atoms with E-state index in [1.54, 1.807) is 31.4 Å². The second-order valence-corrected chi connectivity index (χ2v) is 6.77. The number of fused-ring (bicyclic) bond motifs is 1. The fourth-order valence-electron chi connectivity index (χ4n) is 2.85. The number of carboxylic acid groups (broad SMARTS) is 1. The van der Waals surface area contributed by atoms with Crippen molar-refractivity contribution in [1.29, 1.82) is 0 Å². The number of rotatable bonds is 5. The van der Waals surface area contributed by atoms with E-state index in [-0.39, 0.29) is 11.0 Å². The van der Waals surface area contributed by atoms with Crippen LogP contribution in [0.4, 0.5) is 0 Å². The average Bonchev–Trinajstić information content (AvgIpc) is 2.80. The summed E-state index contributed by atoms with van der Waals surface area (Å²) in [5, 5.41) is 8.94. The lowest BCUT2D eigenvalue weighted by atomic mass is 9.92. The molecule has 134 valence electrons. The predicted molar refractivity (Wildman–Crippen MR) is 103 cm³/mol. The van der Waals surface area contributed by atoms with E-state index in [0.29, 0.717) is 13.2 Å². The molecule has 0 amide bonds. The lowest BCUT2D eigenvalue weighted by Crippen LogP contribution is -2.27. The van der Waals surface area contributed by atoms with Crippen LogP contribution in [0.1, 0.15) is 34.0 Å². The second-order valence-electron chi connectivity index (χ2n) is 6.77. The van der Waals surface area contributed by atoms with Crippen LogP contribution in [0.2, 0.25) is 0 Å². The highest BCUT2D eigenvalue weighted by Crippen LogP contribution is 2.31. The van der Waals surface area contributed by atoms with Crippen LogP contribution in [-0.2, 0) is 4.74 Å². The molecule has 1 atom stereocenters. The Bertz CT molecular complexity index is 849. The Balaban J connectivity index is 1.76. The molecule has 0 aliphatic carbocycles. The van der Waals surface area contributed by atoms with Gasteiger partial charge in [0, 0.05) is 18.1 Å². The second kappa shape index (κ2) is 7.58. The Labute approximate surface area is 153 Å². The van der Waals surface area contributed by atoms with Gasteiger partial charge in [-0.25, -0.2) is 4.79 Å². The first-order valence-electron chi connectivity index (χ1n) is 8.46. The molecule has 1 heterocycles. The zero-order valence-corrected chi connectivity index (χ0v) is 14.9. The summed E-state index contributed by atoms with van der Waals surface area (Å²) in [4.78, 5) is 10.9. The first-order chi connectivity index (χ1) is 12.5. The van der Waals surface area contributed by atoms with Crippen molar-refractivity contribution in [1.82, 2.24) is 0 Å². The molecule has 3 rings (SSSR count). The van der Waals surface area contributed by atoms with Gasteiger partial charge >= 0.3 is 5.97 Å². The third-order valence-electron chi connectivity index (χ3n) is 4.36. The predicted octanol–water partition coefficient (Wildman–Crippen LogP) is 4.61. The van der Waals surface area contributed by atoms with Gasteiger partial charge in [-0.2, -0.15) is 0 Å². The summed E-state index contributed by atoms with van der Waals surface area (Å²) in [6, 6.07) is 12.9. The molecule has 1 unspecified atom stereocenters. The number of hydrogen-bond acceptors (Lipinski definition) is 3. The molecule has 2 aromatic rings. The smallest absolute Gasteiger partial charge is 0.335 e. The van der Waals surface area contributed by atoms with E-state index in [2.05, 4.69) is 19.1 Å². The molecule has 0 saturated carbocycles. The molecule has 4 nitrogen and oxygen atoms in total. The van der Waals surface area contributed by atoms with Crippen LogP contribution in [0.3, 0.4) is 0 Å². The Morgan fingerprint density at radius 2 is 1.88 bits per heavy atom. The summed E-state index contributed by atoms with van der Waals surface area (Å²) < 4.78 is 11.3. The zero-order chi connectivity index (χ0) is 18.6. The van der Waals surface area contributed by atoms with Crippen LogP contribution in [0.15, 0.2) is 48.5 Å². The third-order valence-corrected chi connectivity index (χ3v) is 4.36. The number of benzene rings is 2. The lowest BCUT2D eigenvalue weighted by molar-refractivity contribution is 0.0697. The van der Waals surface area contributed by atoms with Crippen molar-refractivity contribution in [2.45, 2.75) is 6.92 Å². The van der Waals surface area contributed by atoms with Crippen molar-refractivity contribution >= 4 is 24.2 Å². The number of aromatic carboxylic acids is 1. The van der Waals surface area contributed by atoms with Crippen molar-refractivity contribution in [2.24, 2.45) is 5.41 Å². The molecule has 2 aromatic carbocycles. The molecule has 0 bridgehead atoms. The standard InChI is InChI=1S/C22H22O4/c1-22(14-25-2)12-11-18-8-7-17(13-20(18)26-15-22)4-3-16-5-9-19(10-6-16)21(23)24/h3-13H,14-15H2,1-2H3,(H,23,24)/b4-3+. The van der Waals surface area contributed by atoms with E-state index in [4.69, 9.17) is 14.6 Å². The Morgan fingerprint density at radius 1 is 1.19 bits per heavy atom. The zero-order valence-electron chi connectivity index (χ0n) is 14.9. The number of hydrogen-bond donors (Lipinski definition) is 1. The van der Waals surface area contributed by atoms with Crippen LogP contribution in [-0.4, -0.2) is 31.4 Å². The quantitative estimate of drug-likeness (QED) is 0.800. The maximum Gasteiger partial charge on any atom is 0.335 e. The highest BCUT2D eigenvalue weighted by molar-refractivity contribution is 5.88. The van der Waals surface area contributed by atoms with Crippen LogP contribution < -0.4 is 4.74 Å². The Morgan fingerprint density at radius 3 is 2.58 bits per heavy atom. The molecule has 0 spiro atoms. The van der Waals surface area contributed by atoms with Crippen LogP contribution in [0.5, 0.6) is 5.75 Å². The molecule has 0 radical (unpaired) electrons. The molecular weight excluding hydrogens is 328 g/mol. The fourth-order valence-corrected chi connectivity index (χ4v) is 2.85. The summed E-state index contributed by atoms with van der Waals surface area (Å²) >= 11 is 0. The average molecular weight is 350 g/mol. The first-order valence-corrected chi connectivity index (χ1v) is 8.46. The molecule has 0 aromatic heterocycles. The van der Waals surface area contributed by atoms with E-state index in [1.165, 1.54) is 0 Å². The molecule has 1 N–H and O–H groups in total. The number of carboxylic acids is 1. The van der Waals surface area contributed by atoms with Gasteiger partial charge in [-0.1, -0.05) is 55.5 Å². The van der Waals surface area contributed by atoms with Crippen LogP contribution >= 0.6 is 0 Å². The summed E-state index contributed by atoms with van der Waals surface area (Å²) in [5.74, 6) is -0.0681. The molecule has 26 heavy (non-hydrogen) atoms. The molecular formula is C22H22O4. The molecule has 1 aliphatic rings. The van der Waals surface area contributed by atoms with Gasteiger partial charge in [-0.3, -0.25) is 0 Å². The topological polar surface area (TPSA) is 55.8 Å². The van der Waals surface area contributed by atoms with Gasteiger partial charge in [-0.05, 0) is 29.3 Å². The molecule has 0 saturated heterocycles. The van der Waals surface area contributed by atoms with Crippen LogP contribution in [0.25, 0.3) is 18.2 Å². The summed E-state index contributed by atoms with van der Waals surface area (Å²) in [5.41, 5.74) is 3.16. The van der Waals surface area contributed by atoms with E-state index in [1.807, 2.05) is 30.4 Å². The van der Waals surface area contributed by atoms with Crippen molar-refractivity contribution in [3.8, 4) is 5.75 Å². The van der Waals surface area contributed by atoms with Gasteiger partial charge in [0.1, 0.15) is 5.75 Å². The number of methoxy groups -OCH3 is 1. The normalized spacial score (nSPS) is 19.0. The Kier molecular flexibility index (Phi) is 5.24. The minimum absolute atomic E-state index is 0.143. The lowest BCUT2D eigenvalue weighted by Gasteiger charge is -2.23.